The Kier molecular flexibility index (Phi) is 7.05. The number of sulfonamides is 1. The lowest BCUT2D eigenvalue weighted by molar-refractivity contribution is -0.114. The monoisotopic (exact) mass is 499 g/mol. The first-order chi connectivity index (χ1) is 16.2. The molecule has 0 radical (unpaired) electrons. The second-order valence-corrected chi connectivity index (χ2v) is 11.1. The number of para-hydroxylation sites is 1. The summed E-state index contributed by atoms with van der Waals surface area (Å²) in [5.41, 5.74) is 1.70. The van der Waals surface area contributed by atoms with Crippen LogP contribution in [0.15, 0.2) is 53.4 Å². The first-order valence-corrected chi connectivity index (χ1v) is 13.1. The molecule has 2 N–H and O–H groups in total. The van der Waals surface area contributed by atoms with Gasteiger partial charge in [0.05, 0.1) is 5.69 Å². The van der Waals surface area contributed by atoms with E-state index in [1.54, 1.807) is 37.3 Å². The average Bonchev–Trinajstić information content (AvgIpc) is 3.31. The summed E-state index contributed by atoms with van der Waals surface area (Å²) in [6.45, 7) is 3.74. The highest BCUT2D eigenvalue weighted by Gasteiger charge is 2.34. The van der Waals surface area contributed by atoms with Crippen molar-refractivity contribution in [3.63, 3.8) is 0 Å². The van der Waals surface area contributed by atoms with Gasteiger partial charge in [0, 0.05) is 31.6 Å². The second kappa shape index (κ2) is 10.00. The van der Waals surface area contributed by atoms with Crippen LogP contribution in [0.25, 0.3) is 0 Å². The second-order valence-electron chi connectivity index (χ2n) is 8.15. The summed E-state index contributed by atoms with van der Waals surface area (Å²) in [5.74, 6) is -0.865. The number of nitrogens with zero attached hydrogens (tertiary/aromatic N) is 3. The van der Waals surface area contributed by atoms with Gasteiger partial charge >= 0.3 is 0 Å². The van der Waals surface area contributed by atoms with Crippen LogP contribution in [0.1, 0.15) is 46.1 Å². The number of aromatic nitrogens is 2. The highest BCUT2D eigenvalue weighted by atomic mass is 32.2. The molecular formula is C23H25N5O4S2. The number of hydrogen-bond donors (Lipinski definition) is 2. The smallest absolute Gasteiger partial charge is 0.286 e. The van der Waals surface area contributed by atoms with Crippen molar-refractivity contribution in [1.82, 2.24) is 14.5 Å². The van der Waals surface area contributed by atoms with E-state index < -0.39 is 10.0 Å². The van der Waals surface area contributed by atoms with E-state index in [1.165, 1.54) is 22.6 Å². The van der Waals surface area contributed by atoms with Crippen LogP contribution < -0.4 is 10.6 Å². The Bertz CT molecular complexity index is 1310. The zero-order valence-electron chi connectivity index (χ0n) is 18.8. The van der Waals surface area contributed by atoms with E-state index in [2.05, 4.69) is 20.8 Å². The van der Waals surface area contributed by atoms with Crippen LogP contribution in [0.2, 0.25) is 0 Å². The molecule has 0 unspecified atom stereocenters. The third-order valence-electron chi connectivity index (χ3n) is 5.47. The molecule has 0 spiro atoms. The predicted molar refractivity (Wildman–Crippen MR) is 131 cm³/mol. The SMILES string of the molecule is CC(=O)Nc1ccc(C)cc1S(=O)(=O)N1CCC[C@@H](c2nnc(C(=O)Nc3ccccc3)s2)C1. The fraction of sp³-hybridized carbons (Fsp3) is 0.304. The normalized spacial score (nSPS) is 16.7. The highest BCUT2D eigenvalue weighted by molar-refractivity contribution is 7.89. The maximum absolute atomic E-state index is 13.5. The summed E-state index contributed by atoms with van der Waals surface area (Å²) in [6.07, 6.45) is 1.39. The number of carbonyl (C=O) groups is 2. The van der Waals surface area contributed by atoms with Crippen molar-refractivity contribution >= 4 is 44.5 Å². The molecule has 2 amide bonds. The van der Waals surface area contributed by atoms with Gasteiger partial charge in [0.1, 0.15) is 9.90 Å². The number of amides is 2. The molecule has 1 aliphatic heterocycles. The van der Waals surface area contributed by atoms with Crippen molar-refractivity contribution in [3.05, 3.63) is 64.1 Å². The minimum absolute atomic E-state index is 0.0727. The molecule has 3 aromatic rings. The molecule has 1 saturated heterocycles. The van der Waals surface area contributed by atoms with E-state index in [4.69, 9.17) is 0 Å². The zero-order chi connectivity index (χ0) is 24.3. The van der Waals surface area contributed by atoms with Gasteiger partial charge in [-0.15, -0.1) is 10.2 Å². The molecule has 1 fully saturated rings. The van der Waals surface area contributed by atoms with Gasteiger partial charge in [-0.25, -0.2) is 8.42 Å². The van der Waals surface area contributed by atoms with Crippen LogP contribution in [0, 0.1) is 6.92 Å². The predicted octanol–water partition coefficient (Wildman–Crippen LogP) is 3.63. The summed E-state index contributed by atoms with van der Waals surface area (Å²) < 4.78 is 28.4. The van der Waals surface area contributed by atoms with Crippen LogP contribution in [-0.4, -0.2) is 47.8 Å². The van der Waals surface area contributed by atoms with Crippen LogP contribution in [0.5, 0.6) is 0 Å². The van der Waals surface area contributed by atoms with Crippen molar-refractivity contribution in [2.45, 2.75) is 37.5 Å². The lowest BCUT2D eigenvalue weighted by Crippen LogP contribution is -2.39. The molecule has 1 aromatic heterocycles. The summed E-state index contributed by atoms with van der Waals surface area (Å²) >= 11 is 1.18. The first kappa shape index (κ1) is 24.0. The Morgan fingerprint density at radius 1 is 1.09 bits per heavy atom. The Morgan fingerprint density at radius 2 is 1.85 bits per heavy atom. The Hall–Kier alpha value is -3.15. The molecular weight excluding hydrogens is 474 g/mol. The minimum atomic E-state index is -3.86. The lowest BCUT2D eigenvalue weighted by atomic mass is 10.0. The largest absolute Gasteiger partial charge is 0.325 e. The van der Waals surface area contributed by atoms with Gasteiger partial charge in [-0.1, -0.05) is 35.6 Å². The number of piperidine rings is 1. The van der Waals surface area contributed by atoms with E-state index in [9.17, 15) is 18.0 Å². The van der Waals surface area contributed by atoms with Gasteiger partial charge in [0.15, 0.2) is 0 Å². The maximum atomic E-state index is 13.5. The molecule has 34 heavy (non-hydrogen) atoms. The number of benzene rings is 2. The number of nitrogens with one attached hydrogen (secondary N) is 2. The summed E-state index contributed by atoms with van der Waals surface area (Å²) in [5, 5.41) is 14.5. The lowest BCUT2D eigenvalue weighted by Gasteiger charge is -2.31. The van der Waals surface area contributed by atoms with Crippen molar-refractivity contribution in [2.24, 2.45) is 0 Å². The van der Waals surface area contributed by atoms with Crippen LogP contribution in [0.3, 0.4) is 0 Å². The van der Waals surface area contributed by atoms with Crippen molar-refractivity contribution in [2.75, 3.05) is 23.7 Å². The molecule has 178 valence electrons. The van der Waals surface area contributed by atoms with Crippen LogP contribution in [-0.2, 0) is 14.8 Å². The maximum Gasteiger partial charge on any atom is 0.286 e. The van der Waals surface area contributed by atoms with Crippen LogP contribution >= 0.6 is 11.3 Å². The molecule has 0 aliphatic carbocycles. The Labute approximate surface area is 202 Å². The number of aryl methyl sites for hydroxylation is 1. The van der Waals surface area contributed by atoms with Gasteiger partial charge in [0.2, 0.25) is 20.9 Å². The van der Waals surface area contributed by atoms with Crippen molar-refractivity contribution in [1.29, 1.82) is 0 Å². The Morgan fingerprint density at radius 3 is 2.59 bits per heavy atom. The van der Waals surface area contributed by atoms with E-state index in [1.807, 2.05) is 18.2 Å². The highest BCUT2D eigenvalue weighted by Crippen LogP contribution is 2.34. The molecule has 4 rings (SSSR count). The van der Waals surface area contributed by atoms with Crippen molar-refractivity contribution < 1.29 is 18.0 Å². The van der Waals surface area contributed by atoms with E-state index >= 15 is 0 Å². The molecule has 9 nitrogen and oxygen atoms in total. The van der Waals surface area contributed by atoms with E-state index in [0.29, 0.717) is 23.7 Å². The topological polar surface area (TPSA) is 121 Å². The summed E-state index contributed by atoms with van der Waals surface area (Å²) in [7, 11) is -3.86. The fourth-order valence-electron chi connectivity index (χ4n) is 3.83. The molecule has 11 heteroatoms. The molecule has 2 aromatic carbocycles. The number of hydrogen-bond acceptors (Lipinski definition) is 7. The van der Waals surface area contributed by atoms with Crippen LogP contribution in [0.4, 0.5) is 11.4 Å². The van der Waals surface area contributed by atoms with Gasteiger partial charge in [-0.05, 0) is 49.6 Å². The fourth-order valence-corrected chi connectivity index (χ4v) is 6.45. The molecule has 2 heterocycles. The Balaban J connectivity index is 1.52. The molecule has 1 atom stereocenters. The van der Waals surface area contributed by atoms with Gasteiger partial charge in [0.25, 0.3) is 5.91 Å². The van der Waals surface area contributed by atoms with Gasteiger partial charge < -0.3 is 10.6 Å². The molecule has 1 aliphatic rings. The first-order valence-electron chi connectivity index (χ1n) is 10.8. The van der Waals surface area contributed by atoms with E-state index in [-0.39, 0.29) is 39.9 Å². The third-order valence-corrected chi connectivity index (χ3v) is 8.46. The summed E-state index contributed by atoms with van der Waals surface area (Å²) in [6, 6.07) is 14.0. The van der Waals surface area contributed by atoms with Gasteiger partial charge in [-0.2, -0.15) is 4.31 Å². The third kappa shape index (κ3) is 5.32. The van der Waals surface area contributed by atoms with Gasteiger partial charge in [-0.3, -0.25) is 9.59 Å². The van der Waals surface area contributed by atoms with Crippen molar-refractivity contribution in [3.8, 4) is 0 Å². The van der Waals surface area contributed by atoms with E-state index in [0.717, 1.165) is 12.0 Å². The standard InChI is InChI=1S/C23H25N5O4S2/c1-15-10-11-19(24-16(2)29)20(13-15)34(31,32)28-12-6-7-17(14-28)22-26-27-23(33-22)21(30)25-18-8-4-3-5-9-18/h3-5,8-11,13,17H,6-7,12,14H2,1-2H3,(H,24,29)(H,25,30)/t17-/m1/s1. The zero-order valence-corrected chi connectivity index (χ0v) is 20.4. The molecule has 0 saturated carbocycles. The quantitative estimate of drug-likeness (QED) is 0.534. The number of carbonyl (C=O) groups excluding carboxylic acids is 2. The average molecular weight is 500 g/mol. The minimum Gasteiger partial charge on any atom is -0.325 e. The number of anilines is 2. The number of rotatable bonds is 6. The molecule has 0 bridgehead atoms. The summed E-state index contributed by atoms with van der Waals surface area (Å²) in [4.78, 5) is 24.2.